The van der Waals surface area contributed by atoms with Gasteiger partial charge in [-0.1, -0.05) is 12.1 Å². The predicted octanol–water partition coefficient (Wildman–Crippen LogP) is 2.56. The average molecular weight is 356 g/mol. The second kappa shape index (κ2) is 5.93. The number of amidine groups is 1. The predicted molar refractivity (Wildman–Crippen MR) is 83.6 cm³/mol. The van der Waals surface area contributed by atoms with E-state index in [1.165, 1.54) is 0 Å². The number of hydrogen-bond acceptors (Lipinski definition) is 4. The number of anilines is 1. The lowest BCUT2D eigenvalue weighted by Gasteiger charge is -2.43. The molecule has 21 heavy (non-hydrogen) atoms. The van der Waals surface area contributed by atoms with E-state index in [4.69, 9.17) is 15.7 Å². The molecule has 6 nitrogen and oxygen atoms in total. The first-order chi connectivity index (χ1) is 9.92. The van der Waals surface area contributed by atoms with Crippen molar-refractivity contribution in [3.05, 3.63) is 22.7 Å². The van der Waals surface area contributed by atoms with Crippen LogP contribution in [0.15, 0.2) is 27.8 Å². The second-order valence-corrected chi connectivity index (χ2v) is 6.24. The quantitative estimate of drug-likeness (QED) is 0.334. The van der Waals surface area contributed by atoms with E-state index in [1.807, 2.05) is 6.92 Å². The fourth-order valence-electron chi connectivity index (χ4n) is 2.71. The Labute approximate surface area is 131 Å². The number of ether oxygens (including phenoxy) is 1. The van der Waals surface area contributed by atoms with E-state index in [-0.39, 0.29) is 11.7 Å². The SMILES string of the molecule is COc1ccc(Br)c(NC(=O)C2(/C(N)=N/O)CC(C)C2)c1. The number of carbonyl (C=O) groups is 1. The molecular weight excluding hydrogens is 338 g/mol. The van der Waals surface area contributed by atoms with Gasteiger partial charge in [-0.2, -0.15) is 0 Å². The number of methoxy groups -OCH3 is 1. The first-order valence-electron chi connectivity index (χ1n) is 6.56. The van der Waals surface area contributed by atoms with Gasteiger partial charge in [0.2, 0.25) is 5.91 Å². The summed E-state index contributed by atoms with van der Waals surface area (Å²) < 4.78 is 5.88. The molecule has 0 spiro atoms. The number of benzene rings is 1. The zero-order valence-electron chi connectivity index (χ0n) is 11.9. The molecule has 0 unspecified atom stereocenters. The van der Waals surface area contributed by atoms with Crippen molar-refractivity contribution in [3.63, 3.8) is 0 Å². The van der Waals surface area contributed by atoms with E-state index in [1.54, 1.807) is 25.3 Å². The van der Waals surface area contributed by atoms with Crippen molar-refractivity contribution >= 4 is 33.4 Å². The van der Waals surface area contributed by atoms with Gasteiger partial charge in [-0.05, 0) is 46.8 Å². The van der Waals surface area contributed by atoms with Gasteiger partial charge in [0.05, 0.1) is 12.8 Å². The van der Waals surface area contributed by atoms with Crippen LogP contribution in [-0.4, -0.2) is 24.1 Å². The molecule has 7 heteroatoms. The van der Waals surface area contributed by atoms with Gasteiger partial charge in [0.1, 0.15) is 11.2 Å². The number of halogens is 1. The topological polar surface area (TPSA) is 96.9 Å². The maximum Gasteiger partial charge on any atom is 0.238 e. The third kappa shape index (κ3) is 2.83. The van der Waals surface area contributed by atoms with E-state index in [0.717, 1.165) is 4.47 Å². The molecule has 1 amide bonds. The molecular formula is C14H18BrN3O3. The van der Waals surface area contributed by atoms with Crippen LogP contribution < -0.4 is 15.8 Å². The summed E-state index contributed by atoms with van der Waals surface area (Å²) in [6.45, 7) is 2.03. The number of nitrogens with one attached hydrogen (secondary N) is 1. The van der Waals surface area contributed by atoms with Crippen molar-refractivity contribution in [1.82, 2.24) is 0 Å². The number of rotatable bonds is 4. The zero-order chi connectivity index (χ0) is 15.6. The fraction of sp³-hybridized carbons (Fsp3) is 0.429. The molecule has 1 aliphatic carbocycles. The van der Waals surface area contributed by atoms with Gasteiger partial charge in [-0.3, -0.25) is 4.79 Å². The summed E-state index contributed by atoms with van der Waals surface area (Å²) in [7, 11) is 1.56. The molecule has 1 aromatic carbocycles. The highest BCUT2D eigenvalue weighted by Gasteiger charge is 2.52. The largest absolute Gasteiger partial charge is 0.497 e. The molecule has 4 N–H and O–H groups in total. The van der Waals surface area contributed by atoms with E-state index in [9.17, 15) is 4.79 Å². The number of hydrogen-bond donors (Lipinski definition) is 3. The Morgan fingerprint density at radius 3 is 2.76 bits per heavy atom. The van der Waals surface area contributed by atoms with Crippen LogP contribution in [0.4, 0.5) is 5.69 Å². The lowest BCUT2D eigenvalue weighted by molar-refractivity contribution is -0.127. The van der Waals surface area contributed by atoms with E-state index in [0.29, 0.717) is 30.2 Å². The molecule has 0 bridgehead atoms. The van der Waals surface area contributed by atoms with Gasteiger partial charge >= 0.3 is 0 Å². The highest BCUT2D eigenvalue weighted by Crippen LogP contribution is 2.46. The summed E-state index contributed by atoms with van der Waals surface area (Å²) in [5.41, 5.74) is 5.38. The molecule has 0 atom stereocenters. The zero-order valence-corrected chi connectivity index (χ0v) is 13.5. The van der Waals surface area contributed by atoms with Crippen LogP contribution in [0.2, 0.25) is 0 Å². The summed E-state index contributed by atoms with van der Waals surface area (Å²) in [6.07, 6.45) is 1.13. The summed E-state index contributed by atoms with van der Waals surface area (Å²) in [5.74, 6) is 0.681. The molecule has 114 valence electrons. The van der Waals surface area contributed by atoms with Crippen LogP contribution in [-0.2, 0) is 4.79 Å². The Kier molecular flexibility index (Phi) is 4.41. The van der Waals surface area contributed by atoms with Crippen molar-refractivity contribution in [3.8, 4) is 5.75 Å². The van der Waals surface area contributed by atoms with Gasteiger partial charge < -0.3 is 21.0 Å². The van der Waals surface area contributed by atoms with Crippen molar-refractivity contribution in [1.29, 1.82) is 0 Å². The van der Waals surface area contributed by atoms with Crippen LogP contribution in [0.25, 0.3) is 0 Å². The van der Waals surface area contributed by atoms with Crippen LogP contribution >= 0.6 is 15.9 Å². The van der Waals surface area contributed by atoms with Crippen LogP contribution in [0.3, 0.4) is 0 Å². The van der Waals surface area contributed by atoms with E-state index >= 15 is 0 Å². The monoisotopic (exact) mass is 355 g/mol. The molecule has 0 aliphatic heterocycles. The molecule has 0 saturated heterocycles. The Morgan fingerprint density at radius 2 is 2.24 bits per heavy atom. The highest BCUT2D eigenvalue weighted by atomic mass is 79.9. The maximum atomic E-state index is 12.6. The standard InChI is InChI=1S/C14H18BrN3O3/c1-8-6-14(7-8,12(16)18-20)13(19)17-11-5-9(21-2)3-4-10(11)15/h3-5,8,20H,6-7H2,1-2H3,(H2,16,18)(H,17,19). The Hall–Kier alpha value is -1.76. The smallest absolute Gasteiger partial charge is 0.238 e. The van der Waals surface area contributed by atoms with Crippen LogP contribution in [0.1, 0.15) is 19.8 Å². The first kappa shape index (κ1) is 15.6. The van der Waals surface area contributed by atoms with E-state index < -0.39 is 5.41 Å². The van der Waals surface area contributed by atoms with Crippen LogP contribution in [0.5, 0.6) is 5.75 Å². The Bertz CT molecular complexity index is 583. The fourth-order valence-corrected chi connectivity index (χ4v) is 3.05. The minimum absolute atomic E-state index is 0.0443. The summed E-state index contributed by atoms with van der Waals surface area (Å²) >= 11 is 3.38. The molecule has 1 saturated carbocycles. The Morgan fingerprint density at radius 1 is 1.57 bits per heavy atom. The van der Waals surface area contributed by atoms with Gasteiger partial charge in [0.25, 0.3) is 0 Å². The van der Waals surface area contributed by atoms with Gasteiger partial charge in [0, 0.05) is 10.5 Å². The molecule has 0 aromatic heterocycles. The normalized spacial score (nSPS) is 25.1. The van der Waals surface area contributed by atoms with Gasteiger partial charge in [0.15, 0.2) is 5.84 Å². The number of oxime groups is 1. The minimum atomic E-state index is -0.934. The lowest BCUT2D eigenvalue weighted by atomic mass is 9.61. The van der Waals surface area contributed by atoms with Crippen molar-refractivity contribution in [2.75, 3.05) is 12.4 Å². The minimum Gasteiger partial charge on any atom is -0.497 e. The van der Waals surface area contributed by atoms with E-state index in [2.05, 4.69) is 26.4 Å². The number of nitrogens with two attached hydrogens (primary N) is 1. The van der Waals surface area contributed by atoms with Crippen molar-refractivity contribution in [2.45, 2.75) is 19.8 Å². The van der Waals surface area contributed by atoms with Gasteiger partial charge in [-0.25, -0.2) is 0 Å². The Balaban J connectivity index is 2.24. The summed E-state index contributed by atoms with van der Waals surface area (Å²) in [6, 6.07) is 5.28. The summed E-state index contributed by atoms with van der Waals surface area (Å²) in [5, 5.41) is 14.8. The second-order valence-electron chi connectivity index (χ2n) is 5.38. The third-order valence-electron chi connectivity index (χ3n) is 3.85. The number of carbonyl (C=O) groups excluding carboxylic acids is 1. The highest BCUT2D eigenvalue weighted by molar-refractivity contribution is 9.10. The van der Waals surface area contributed by atoms with Crippen molar-refractivity contribution in [2.24, 2.45) is 22.2 Å². The van der Waals surface area contributed by atoms with Gasteiger partial charge in [-0.15, -0.1) is 0 Å². The maximum absolute atomic E-state index is 12.6. The molecule has 2 rings (SSSR count). The number of amides is 1. The summed E-state index contributed by atoms with van der Waals surface area (Å²) in [4.78, 5) is 12.6. The first-order valence-corrected chi connectivity index (χ1v) is 7.35. The number of nitrogens with zero attached hydrogens (tertiary/aromatic N) is 1. The average Bonchev–Trinajstić information content (AvgIpc) is 2.44. The molecule has 1 aromatic rings. The molecule has 0 heterocycles. The van der Waals surface area contributed by atoms with Crippen LogP contribution in [0, 0.1) is 11.3 Å². The molecule has 1 aliphatic rings. The lowest BCUT2D eigenvalue weighted by Crippen LogP contribution is -2.54. The third-order valence-corrected chi connectivity index (χ3v) is 4.54. The van der Waals surface area contributed by atoms with Crippen molar-refractivity contribution < 1.29 is 14.7 Å². The molecule has 1 fully saturated rings. The molecule has 0 radical (unpaired) electrons.